The highest BCUT2D eigenvalue weighted by atomic mass is 15.3. The fourth-order valence-corrected chi connectivity index (χ4v) is 2.72. The van der Waals surface area contributed by atoms with Crippen LogP contribution in [0.5, 0.6) is 0 Å². The summed E-state index contributed by atoms with van der Waals surface area (Å²) in [6, 6.07) is 13.3. The van der Waals surface area contributed by atoms with Crippen LogP contribution in [0.15, 0.2) is 42.6 Å². The molecule has 0 spiro atoms. The van der Waals surface area contributed by atoms with Gasteiger partial charge in [0, 0.05) is 18.7 Å². The maximum atomic E-state index is 6.25. The molecule has 3 nitrogen and oxygen atoms in total. The molecule has 1 heterocycles. The van der Waals surface area contributed by atoms with Crippen molar-refractivity contribution in [2.75, 3.05) is 0 Å². The first-order valence-electron chi connectivity index (χ1n) is 8.06. The van der Waals surface area contributed by atoms with Gasteiger partial charge in [-0.2, -0.15) is 5.10 Å². The molecule has 114 valence electrons. The van der Waals surface area contributed by atoms with E-state index in [1.54, 1.807) is 0 Å². The molecular formula is C18H27N3. The predicted octanol–water partition coefficient (Wildman–Crippen LogP) is 3.75. The van der Waals surface area contributed by atoms with Crippen LogP contribution in [0.3, 0.4) is 0 Å². The lowest BCUT2D eigenvalue weighted by Gasteiger charge is -2.13. The third-order valence-corrected chi connectivity index (χ3v) is 4.10. The van der Waals surface area contributed by atoms with Crippen molar-refractivity contribution in [3.05, 3.63) is 53.9 Å². The molecule has 0 radical (unpaired) electrons. The Balaban J connectivity index is 1.84. The molecule has 0 saturated carbocycles. The highest BCUT2D eigenvalue weighted by molar-refractivity contribution is 5.15. The van der Waals surface area contributed by atoms with E-state index in [1.807, 2.05) is 6.07 Å². The Hall–Kier alpha value is -1.61. The van der Waals surface area contributed by atoms with E-state index in [-0.39, 0.29) is 6.04 Å². The van der Waals surface area contributed by atoms with Gasteiger partial charge in [0.1, 0.15) is 0 Å². The first kappa shape index (κ1) is 15.8. The van der Waals surface area contributed by atoms with Crippen LogP contribution in [0.25, 0.3) is 0 Å². The lowest BCUT2D eigenvalue weighted by Crippen LogP contribution is -2.24. The second-order valence-corrected chi connectivity index (χ2v) is 5.75. The summed E-state index contributed by atoms with van der Waals surface area (Å²) in [5, 5.41) is 4.68. The standard InChI is InChI=1S/C18H27N3/c1-3-18(4-2)21-13-12-17(20-21)14-16(19)11-10-15-8-6-5-7-9-15/h5-9,12-13,16,18H,3-4,10-11,14,19H2,1-2H3. The molecule has 1 unspecified atom stereocenters. The minimum atomic E-state index is 0.176. The van der Waals surface area contributed by atoms with E-state index in [0.29, 0.717) is 6.04 Å². The van der Waals surface area contributed by atoms with Crippen LogP contribution in [0, 0.1) is 0 Å². The molecule has 1 aromatic carbocycles. The largest absolute Gasteiger partial charge is 0.327 e. The van der Waals surface area contributed by atoms with Gasteiger partial charge in [-0.3, -0.25) is 4.68 Å². The van der Waals surface area contributed by atoms with Crippen LogP contribution in [0.1, 0.15) is 50.4 Å². The van der Waals surface area contributed by atoms with E-state index in [0.717, 1.165) is 37.8 Å². The average Bonchev–Trinajstić information content (AvgIpc) is 2.96. The number of nitrogens with two attached hydrogens (primary N) is 1. The molecule has 3 heteroatoms. The monoisotopic (exact) mass is 285 g/mol. The third-order valence-electron chi connectivity index (χ3n) is 4.10. The number of hydrogen-bond acceptors (Lipinski definition) is 2. The summed E-state index contributed by atoms with van der Waals surface area (Å²) in [6.07, 6.45) is 7.24. The molecule has 2 rings (SSSR count). The van der Waals surface area contributed by atoms with Crippen LogP contribution < -0.4 is 5.73 Å². The maximum Gasteiger partial charge on any atom is 0.0640 e. The van der Waals surface area contributed by atoms with Crippen molar-refractivity contribution in [1.82, 2.24) is 9.78 Å². The Morgan fingerprint density at radius 1 is 1.10 bits per heavy atom. The zero-order chi connectivity index (χ0) is 15.1. The molecule has 0 saturated heterocycles. The predicted molar refractivity (Wildman–Crippen MR) is 88.3 cm³/mol. The quantitative estimate of drug-likeness (QED) is 0.803. The summed E-state index contributed by atoms with van der Waals surface area (Å²) < 4.78 is 2.10. The highest BCUT2D eigenvalue weighted by Gasteiger charge is 2.10. The van der Waals surface area contributed by atoms with Gasteiger partial charge in [0.2, 0.25) is 0 Å². The van der Waals surface area contributed by atoms with Gasteiger partial charge in [0.05, 0.1) is 11.7 Å². The number of nitrogens with zero attached hydrogens (tertiary/aromatic N) is 2. The van der Waals surface area contributed by atoms with Crippen molar-refractivity contribution >= 4 is 0 Å². The molecule has 2 N–H and O–H groups in total. The number of aromatic nitrogens is 2. The summed E-state index contributed by atoms with van der Waals surface area (Å²) in [7, 11) is 0. The van der Waals surface area contributed by atoms with Crippen molar-refractivity contribution in [1.29, 1.82) is 0 Å². The SMILES string of the molecule is CCC(CC)n1ccc(CC(N)CCc2ccccc2)n1. The Labute approximate surface area is 128 Å². The van der Waals surface area contributed by atoms with Crippen LogP contribution in [0.4, 0.5) is 0 Å². The van der Waals surface area contributed by atoms with Crippen molar-refractivity contribution in [3.63, 3.8) is 0 Å². The van der Waals surface area contributed by atoms with Crippen molar-refractivity contribution < 1.29 is 0 Å². The minimum absolute atomic E-state index is 0.176. The van der Waals surface area contributed by atoms with Crippen LogP contribution in [-0.2, 0) is 12.8 Å². The summed E-state index contributed by atoms with van der Waals surface area (Å²) in [5.41, 5.74) is 8.73. The second kappa shape index (κ2) is 7.99. The Morgan fingerprint density at radius 2 is 1.81 bits per heavy atom. The molecule has 21 heavy (non-hydrogen) atoms. The molecule has 0 bridgehead atoms. The zero-order valence-corrected chi connectivity index (χ0v) is 13.2. The Morgan fingerprint density at radius 3 is 2.48 bits per heavy atom. The fraction of sp³-hybridized carbons (Fsp3) is 0.500. The molecule has 0 amide bonds. The second-order valence-electron chi connectivity index (χ2n) is 5.75. The third kappa shape index (κ3) is 4.71. The molecule has 0 aliphatic rings. The van der Waals surface area contributed by atoms with E-state index in [1.165, 1.54) is 5.56 Å². The van der Waals surface area contributed by atoms with E-state index in [9.17, 15) is 0 Å². The highest BCUT2D eigenvalue weighted by Crippen LogP contribution is 2.15. The van der Waals surface area contributed by atoms with Gasteiger partial charge in [-0.1, -0.05) is 44.2 Å². The smallest absolute Gasteiger partial charge is 0.0640 e. The topological polar surface area (TPSA) is 43.8 Å². The maximum absolute atomic E-state index is 6.25. The summed E-state index contributed by atoms with van der Waals surface area (Å²) in [5.74, 6) is 0. The molecule has 1 aromatic heterocycles. The van der Waals surface area contributed by atoms with Crippen molar-refractivity contribution in [3.8, 4) is 0 Å². The molecule has 1 atom stereocenters. The van der Waals surface area contributed by atoms with E-state index in [2.05, 4.69) is 60.2 Å². The number of hydrogen-bond donors (Lipinski definition) is 1. The van der Waals surface area contributed by atoms with Crippen molar-refractivity contribution in [2.45, 2.75) is 58.0 Å². The van der Waals surface area contributed by atoms with E-state index >= 15 is 0 Å². The average molecular weight is 285 g/mol. The van der Waals surface area contributed by atoms with Gasteiger partial charge in [-0.25, -0.2) is 0 Å². The summed E-state index contributed by atoms with van der Waals surface area (Å²) in [4.78, 5) is 0. The van der Waals surface area contributed by atoms with E-state index in [4.69, 9.17) is 5.73 Å². The lowest BCUT2D eigenvalue weighted by molar-refractivity contribution is 0.424. The van der Waals surface area contributed by atoms with Gasteiger partial charge >= 0.3 is 0 Å². The van der Waals surface area contributed by atoms with Crippen LogP contribution >= 0.6 is 0 Å². The Kier molecular flexibility index (Phi) is 6.00. The molecule has 0 aliphatic carbocycles. The Bertz CT molecular complexity index is 514. The molecule has 0 aliphatic heterocycles. The van der Waals surface area contributed by atoms with Gasteiger partial charge in [-0.05, 0) is 37.3 Å². The van der Waals surface area contributed by atoms with E-state index < -0.39 is 0 Å². The zero-order valence-electron chi connectivity index (χ0n) is 13.2. The van der Waals surface area contributed by atoms with Crippen LogP contribution in [0.2, 0.25) is 0 Å². The first-order chi connectivity index (χ1) is 10.2. The minimum Gasteiger partial charge on any atom is -0.327 e. The van der Waals surface area contributed by atoms with Gasteiger partial charge < -0.3 is 5.73 Å². The van der Waals surface area contributed by atoms with Gasteiger partial charge in [0.15, 0.2) is 0 Å². The lowest BCUT2D eigenvalue weighted by atomic mass is 10.0. The normalized spacial score (nSPS) is 12.8. The van der Waals surface area contributed by atoms with Gasteiger partial charge in [0.25, 0.3) is 0 Å². The molecule has 0 fully saturated rings. The summed E-state index contributed by atoms with van der Waals surface area (Å²) in [6.45, 7) is 4.42. The number of aryl methyl sites for hydroxylation is 1. The fourth-order valence-electron chi connectivity index (χ4n) is 2.72. The van der Waals surface area contributed by atoms with Crippen molar-refractivity contribution in [2.24, 2.45) is 5.73 Å². The molecule has 2 aromatic rings. The van der Waals surface area contributed by atoms with Gasteiger partial charge in [-0.15, -0.1) is 0 Å². The first-order valence-corrected chi connectivity index (χ1v) is 8.06. The number of rotatable bonds is 8. The number of benzene rings is 1. The van der Waals surface area contributed by atoms with Crippen LogP contribution in [-0.4, -0.2) is 15.8 Å². The molecular weight excluding hydrogens is 258 g/mol. The summed E-state index contributed by atoms with van der Waals surface area (Å²) >= 11 is 0.